The number of aromatic nitrogens is 1. The van der Waals surface area contributed by atoms with Crippen molar-refractivity contribution in [3.63, 3.8) is 0 Å². The number of pyridine rings is 1. The van der Waals surface area contributed by atoms with Crippen molar-refractivity contribution >= 4 is 15.9 Å². The van der Waals surface area contributed by atoms with E-state index in [9.17, 15) is 13.2 Å². The predicted molar refractivity (Wildman–Crippen MR) is 43.7 cm³/mol. The van der Waals surface area contributed by atoms with E-state index >= 15 is 0 Å². The molecule has 0 saturated carbocycles. The van der Waals surface area contributed by atoms with Crippen LogP contribution in [-0.2, 0) is 6.18 Å². The second-order valence-electron chi connectivity index (χ2n) is 2.29. The number of nitrogens with zero attached hydrogens (tertiary/aromatic N) is 1. The summed E-state index contributed by atoms with van der Waals surface area (Å²) in [4.78, 5) is 3.10. The third kappa shape index (κ3) is 2.21. The van der Waals surface area contributed by atoms with Gasteiger partial charge in [0.05, 0.1) is 5.69 Å². The molecule has 0 bridgehead atoms. The fourth-order valence-corrected chi connectivity index (χ4v) is 1.11. The van der Waals surface area contributed by atoms with Crippen molar-refractivity contribution in [2.45, 2.75) is 6.18 Å². The number of hydrogen-bond donors (Lipinski definition) is 0. The Morgan fingerprint density at radius 2 is 1.85 bits per heavy atom. The van der Waals surface area contributed by atoms with Gasteiger partial charge in [-0.1, -0.05) is 15.9 Å². The molecule has 1 heterocycles. The molecule has 0 N–H and O–H groups in total. The van der Waals surface area contributed by atoms with Crippen molar-refractivity contribution in [2.24, 2.45) is 0 Å². The van der Waals surface area contributed by atoms with Crippen LogP contribution < -0.4 is 0 Å². The van der Waals surface area contributed by atoms with Gasteiger partial charge in [0, 0.05) is 18.3 Å². The minimum Gasteiger partial charge on any atom is -0.248 e. The minimum absolute atomic E-state index is 0.00741. The van der Waals surface area contributed by atoms with Gasteiger partial charge in [-0.15, -0.1) is 0 Å². The first-order valence-electron chi connectivity index (χ1n) is 3.11. The van der Waals surface area contributed by atoms with Gasteiger partial charge in [-0.3, -0.25) is 0 Å². The lowest BCUT2D eigenvalue weighted by Gasteiger charge is -2.09. The molecule has 1 aromatic rings. The average molecular weight is 250 g/mol. The predicted octanol–water partition coefficient (Wildman–Crippen LogP) is 2.98. The zero-order valence-corrected chi connectivity index (χ0v) is 7.78. The van der Waals surface area contributed by atoms with Crippen molar-refractivity contribution in [3.8, 4) is 0 Å². The Kier molecular flexibility index (Phi) is 2.66. The van der Waals surface area contributed by atoms with Gasteiger partial charge >= 0.3 is 6.18 Å². The molecular formula is C8H3BrF3N. The zero-order valence-electron chi connectivity index (χ0n) is 6.19. The molecule has 0 amide bonds. The van der Waals surface area contributed by atoms with Crippen LogP contribution in [0, 0.1) is 13.8 Å². The minimum atomic E-state index is -4.51. The summed E-state index contributed by atoms with van der Waals surface area (Å²) in [5.74, 6) is 0. The van der Waals surface area contributed by atoms with Crippen LogP contribution in [0.1, 0.15) is 17.0 Å². The van der Waals surface area contributed by atoms with Gasteiger partial charge in [0.1, 0.15) is 5.69 Å². The maximum atomic E-state index is 12.1. The summed E-state index contributed by atoms with van der Waals surface area (Å²) >= 11 is 2.84. The highest BCUT2D eigenvalue weighted by Gasteiger charge is 2.33. The Balaban J connectivity index is 3.29. The van der Waals surface area contributed by atoms with Crippen LogP contribution in [0.4, 0.5) is 13.2 Å². The van der Waals surface area contributed by atoms with Crippen molar-refractivity contribution in [2.75, 3.05) is 0 Å². The summed E-state index contributed by atoms with van der Waals surface area (Å²) in [5, 5.41) is 0. The Morgan fingerprint density at radius 1 is 1.31 bits per heavy atom. The molecule has 0 atom stereocenters. The molecule has 13 heavy (non-hydrogen) atoms. The lowest BCUT2D eigenvalue weighted by molar-refractivity contribution is -0.141. The third-order valence-electron chi connectivity index (χ3n) is 1.33. The second-order valence-corrected chi connectivity index (χ2v) is 3.14. The van der Waals surface area contributed by atoms with Crippen LogP contribution in [0.2, 0.25) is 0 Å². The Hall–Kier alpha value is -0.580. The fraction of sp³-hybridized carbons (Fsp3) is 0.125. The van der Waals surface area contributed by atoms with Crippen molar-refractivity contribution in [3.05, 3.63) is 41.3 Å². The number of hydrogen-bond acceptors (Lipinski definition) is 1. The molecule has 1 aromatic heterocycles. The van der Waals surface area contributed by atoms with E-state index < -0.39 is 11.9 Å². The molecule has 4 radical (unpaired) electrons. The molecule has 0 aliphatic heterocycles. The molecule has 0 spiro atoms. The summed E-state index contributed by atoms with van der Waals surface area (Å²) in [6, 6.07) is 0.783. The number of halogens is 4. The summed E-state index contributed by atoms with van der Waals surface area (Å²) in [6.07, 6.45) is -4.51. The van der Waals surface area contributed by atoms with Gasteiger partial charge in [0.15, 0.2) is 0 Å². The van der Waals surface area contributed by atoms with E-state index in [-0.39, 0.29) is 15.7 Å². The standard InChI is InChI=1S/C8H3BrF3N/c1-4-5(2)13-7(3-6(4)9)8(10,11)12/h1-3H. The first-order valence-corrected chi connectivity index (χ1v) is 3.90. The fourth-order valence-electron chi connectivity index (χ4n) is 0.688. The lowest BCUT2D eigenvalue weighted by Crippen LogP contribution is -2.09. The molecule has 0 unspecified atom stereocenters. The highest BCUT2D eigenvalue weighted by atomic mass is 79.9. The SMILES string of the molecule is [CH]c1nc(C(F)(F)F)cc(Br)c1[CH]. The van der Waals surface area contributed by atoms with Crippen molar-refractivity contribution in [1.29, 1.82) is 0 Å². The number of alkyl halides is 3. The monoisotopic (exact) mass is 249 g/mol. The first-order chi connectivity index (χ1) is 5.82. The van der Waals surface area contributed by atoms with Gasteiger partial charge in [0.25, 0.3) is 0 Å². The Labute approximate surface area is 82.1 Å². The smallest absolute Gasteiger partial charge is 0.248 e. The van der Waals surface area contributed by atoms with Gasteiger partial charge < -0.3 is 0 Å². The molecule has 0 saturated heterocycles. The topological polar surface area (TPSA) is 12.9 Å². The zero-order chi connectivity index (χ0) is 10.2. The molecule has 0 fully saturated rings. The largest absolute Gasteiger partial charge is 0.433 e. The first kappa shape index (κ1) is 10.5. The Morgan fingerprint density at radius 3 is 2.23 bits per heavy atom. The maximum Gasteiger partial charge on any atom is 0.433 e. The molecular weight excluding hydrogens is 247 g/mol. The average Bonchev–Trinajstić information content (AvgIpc) is 1.97. The van der Waals surface area contributed by atoms with Crippen LogP contribution in [0.25, 0.3) is 0 Å². The van der Waals surface area contributed by atoms with Crippen LogP contribution in [0.5, 0.6) is 0 Å². The second kappa shape index (κ2) is 3.29. The molecule has 1 nitrogen and oxygen atoms in total. The van der Waals surface area contributed by atoms with Crippen LogP contribution in [0.15, 0.2) is 10.5 Å². The van der Waals surface area contributed by atoms with E-state index in [4.69, 9.17) is 13.8 Å². The summed E-state index contributed by atoms with van der Waals surface area (Å²) in [6.45, 7) is 10.4. The normalized spacial score (nSPS) is 11.8. The van der Waals surface area contributed by atoms with E-state index in [2.05, 4.69) is 20.9 Å². The van der Waals surface area contributed by atoms with Crippen LogP contribution >= 0.6 is 15.9 Å². The van der Waals surface area contributed by atoms with Crippen molar-refractivity contribution in [1.82, 2.24) is 4.98 Å². The summed E-state index contributed by atoms with van der Waals surface area (Å²) in [7, 11) is 0. The van der Waals surface area contributed by atoms with Gasteiger partial charge in [0.2, 0.25) is 0 Å². The molecule has 68 valence electrons. The third-order valence-corrected chi connectivity index (χ3v) is 1.98. The quantitative estimate of drug-likeness (QED) is 0.689. The Bertz CT molecular complexity index is 310. The van der Waals surface area contributed by atoms with Gasteiger partial charge in [-0.25, -0.2) is 4.98 Å². The molecule has 5 heteroatoms. The van der Waals surface area contributed by atoms with E-state index in [1.165, 1.54) is 0 Å². The summed E-state index contributed by atoms with van der Waals surface area (Å²) in [5.41, 5.74) is -1.39. The van der Waals surface area contributed by atoms with Crippen LogP contribution in [-0.4, -0.2) is 4.98 Å². The van der Waals surface area contributed by atoms with Gasteiger partial charge in [-0.2, -0.15) is 13.2 Å². The highest BCUT2D eigenvalue weighted by molar-refractivity contribution is 9.10. The van der Waals surface area contributed by atoms with Gasteiger partial charge in [-0.05, 0) is 11.6 Å². The molecule has 0 aromatic carbocycles. The lowest BCUT2D eigenvalue weighted by atomic mass is 10.2. The molecule has 0 aliphatic rings. The maximum absolute atomic E-state index is 12.1. The molecule has 1 rings (SSSR count). The van der Waals surface area contributed by atoms with E-state index in [0.717, 1.165) is 6.07 Å². The van der Waals surface area contributed by atoms with E-state index in [1.54, 1.807) is 0 Å². The van der Waals surface area contributed by atoms with E-state index in [1.807, 2.05) is 0 Å². The number of rotatable bonds is 0. The summed E-state index contributed by atoms with van der Waals surface area (Å²) < 4.78 is 36.4. The highest BCUT2D eigenvalue weighted by Crippen LogP contribution is 2.31. The van der Waals surface area contributed by atoms with Crippen LogP contribution in [0.3, 0.4) is 0 Å². The van der Waals surface area contributed by atoms with E-state index in [0.29, 0.717) is 0 Å². The van der Waals surface area contributed by atoms with Crippen molar-refractivity contribution < 1.29 is 13.2 Å². The molecule has 0 aliphatic carbocycles.